The molecule has 5 rings (SSSR count). The van der Waals surface area contributed by atoms with E-state index in [1.165, 1.54) is 25.3 Å². The van der Waals surface area contributed by atoms with Gasteiger partial charge >= 0.3 is 0 Å². The topological polar surface area (TPSA) is 197 Å². The van der Waals surface area contributed by atoms with Crippen molar-refractivity contribution < 1.29 is 49.4 Å². The van der Waals surface area contributed by atoms with Gasteiger partial charge in [0, 0.05) is 35.3 Å². The molecule has 2 aromatic carbocycles. The quantitative estimate of drug-likeness (QED) is 0.259. The smallest absolute Gasteiger partial charge is 0.202 e. The summed E-state index contributed by atoms with van der Waals surface area (Å²) in [5, 5.41) is 50.5. The number of ether oxygens (including phenoxy) is 2. The number of rotatable bonds is 3. The SMILES string of the molecule is COc1cccc2c1C(=O)c1c(O)c3c(c(O)c1C2=O)CC(C(=O)CO)C[C@@H]3O.C[C@@H]1OCC[C@H](N)[C@@H]1O. The molecule has 1 fully saturated rings. The first-order valence-corrected chi connectivity index (χ1v) is 12.3. The number of benzene rings is 2. The van der Waals surface area contributed by atoms with E-state index in [1.807, 2.05) is 6.92 Å². The third kappa shape index (κ3) is 4.56. The summed E-state index contributed by atoms with van der Waals surface area (Å²) in [7, 11) is 1.34. The Bertz CT molecular complexity index is 1280. The van der Waals surface area contributed by atoms with Crippen molar-refractivity contribution in [3.05, 3.63) is 51.6 Å². The van der Waals surface area contributed by atoms with E-state index in [-0.39, 0.29) is 58.6 Å². The van der Waals surface area contributed by atoms with Crippen LogP contribution in [0.15, 0.2) is 18.2 Å². The Kier molecular flexibility index (Phi) is 7.86. The van der Waals surface area contributed by atoms with Crippen LogP contribution in [0.5, 0.6) is 17.2 Å². The minimum Gasteiger partial charge on any atom is -0.507 e. The zero-order chi connectivity index (χ0) is 27.9. The number of hydrogen-bond acceptors (Lipinski definition) is 11. The minimum atomic E-state index is -1.35. The first-order chi connectivity index (χ1) is 18.0. The van der Waals surface area contributed by atoms with Crippen molar-refractivity contribution in [1.29, 1.82) is 0 Å². The van der Waals surface area contributed by atoms with Crippen LogP contribution in [-0.4, -0.2) is 81.5 Å². The Hall–Kier alpha value is -3.35. The maximum atomic E-state index is 13.1. The Labute approximate surface area is 218 Å². The summed E-state index contributed by atoms with van der Waals surface area (Å²) in [6.07, 6.45) is -1.30. The number of methoxy groups -OCH3 is 1. The Morgan fingerprint density at radius 1 is 1.11 bits per heavy atom. The van der Waals surface area contributed by atoms with E-state index < -0.39 is 59.1 Å². The molecular weight excluding hydrogens is 498 g/mol. The van der Waals surface area contributed by atoms with Gasteiger partial charge in [-0.05, 0) is 32.3 Å². The van der Waals surface area contributed by atoms with Gasteiger partial charge in [0.15, 0.2) is 11.6 Å². The fourth-order valence-electron chi connectivity index (χ4n) is 5.28. The molecule has 1 aliphatic heterocycles. The van der Waals surface area contributed by atoms with Crippen molar-refractivity contribution in [1.82, 2.24) is 0 Å². The molecule has 2 aliphatic carbocycles. The predicted octanol–water partition coefficient (Wildman–Crippen LogP) is 0.522. The summed E-state index contributed by atoms with van der Waals surface area (Å²) in [6, 6.07) is 4.37. The molecule has 1 saturated heterocycles. The summed E-state index contributed by atoms with van der Waals surface area (Å²) >= 11 is 0. The van der Waals surface area contributed by atoms with E-state index in [4.69, 9.17) is 20.3 Å². The summed E-state index contributed by atoms with van der Waals surface area (Å²) in [5.74, 6) is -3.68. The van der Waals surface area contributed by atoms with Crippen molar-refractivity contribution in [2.24, 2.45) is 11.7 Å². The highest BCUT2D eigenvalue weighted by Gasteiger charge is 2.43. The number of carbonyl (C=O) groups excluding carboxylic acids is 3. The van der Waals surface area contributed by atoms with E-state index in [0.717, 1.165) is 6.42 Å². The molecule has 0 radical (unpaired) electrons. The number of aliphatic hydroxyl groups excluding tert-OH is 3. The van der Waals surface area contributed by atoms with Crippen LogP contribution in [0.1, 0.15) is 68.8 Å². The normalized spacial score (nSPS) is 25.9. The highest BCUT2D eigenvalue weighted by molar-refractivity contribution is 6.31. The molecule has 1 unspecified atom stereocenters. The minimum absolute atomic E-state index is 0.0239. The highest BCUT2D eigenvalue weighted by atomic mass is 16.5. The van der Waals surface area contributed by atoms with Gasteiger partial charge in [-0.1, -0.05) is 12.1 Å². The molecule has 11 nitrogen and oxygen atoms in total. The molecule has 38 heavy (non-hydrogen) atoms. The van der Waals surface area contributed by atoms with Gasteiger partial charge < -0.3 is 40.7 Å². The highest BCUT2D eigenvalue weighted by Crippen LogP contribution is 2.50. The standard InChI is InChI=1S/C21H18O8.C6H13NO2/c1-29-13-4-2-3-9-15(13)21(28)17-16(18(9)25)19(26)10-5-8(12(24)7-22)6-11(23)14(10)20(17)27;1-4-6(8)5(7)2-3-9-4/h2-4,8,11,22-23,26-27H,5-7H2,1H3;4-6,8H,2-3,7H2,1H3/t8?,11-;4-,5-,6+/m00/s1. The number of phenols is 2. The van der Waals surface area contributed by atoms with E-state index >= 15 is 0 Å². The fourth-order valence-corrected chi connectivity index (χ4v) is 5.28. The molecule has 0 amide bonds. The van der Waals surface area contributed by atoms with Crippen molar-refractivity contribution >= 4 is 17.3 Å². The molecule has 0 bridgehead atoms. The maximum absolute atomic E-state index is 13.1. The molecule has 1 heterocycles. The molecule has 204 valence electrons. The van der Waals surface area contributed by atoms with Gasteiger partial charge in [-0.3, -0.25) is 14.4 Å². The molecular formula is C27H31NO10. The molecule has 3 aliphatic rings. The zero-order valence-electron chi connectivity index (χ0n) is 21.0. The van der Waals surface area contributed by atoms with Gasteiger partial charge in [-0.25, -0.2) is 0 Å². The number of fused-ring (bicyclic) bond motifs is 3. The third-order valence-electron chi connectivity index (χ3n) is 7.42. The van der Waals surface area contributed by atoms with Crippen molar-refractivity contribution in [2.45, 2.75) is 50.5 Å². The van der Waals surface area contributed by atoms with Crippen LogP contribution in [0.25, 0.3) is 0 Å². The van der Waals surface area contributed by atoms with E-state index in [9.17, 15) is 34.8 Å². The lowest BCUT2D eigenvalue weighted by molar-refractivity contribution is -0.127. The molecule has 0 aromatic heterocycles. The Balaban J connectivity index is 0.000000317. The summed E-state index contributed by atoms with van der Waals surface area (Å²) < 4.78 is 10.3. The van der Waals surface area contributed by atoms with Crippen molar-refractivity contribution in [2.75, 3.05) is 20.3 Å². The first-order valence-electron chi connectivity index (χ1n) is 12.3. The van der Waals surface area contributed by atoms with Gasteiger partial charge in [0.2, 0.25) is 5.78 Å². The second-order valence-electron chi connectivity index (χ2n) is 9.68. The fraction of sp³-hybridized carbons (Fsp3) is 0.444. The molecule has 7 N–H and O–H groups in total. The maximum Gasteiger partial charge on any atom is 0.202 e. The average Bonchev–Trinajstić information content (AvgIpc) is 2.91. The first kappa shape index (κ1) is 27.7. The second-order valence-corrected chi connectivity index (χ2v) is 9.68. The van der Waals surface area contributed by atoms with Crippen LogP contribution in [0.4, 0.5) is 0 Å². The van der Waals surface area contributed by atoms with E-state index in [2.05, 4.69) is 0 Å². The van der Waals surface area contributed by atoms with E-state index in [0.29, 0.717) is 6.61 Å². The lowest BCUT2D eigenvalue weighted by Gasteiger charge is -2.32. The molecule has 5 atom stereocenters. The van der Waals surface area contributed by atoms with Gasteiger partial charge in [0.25, 0.3) is 0 Å². The zero-order valence-corrected chi connectivity index (χ0v) is 21.0. The largest absolute Gasteiger partial charge is 0.507 e. The lowest BCUT2D eigenvalue weighted by atomic mass is 9.74. The van der Waals surface area contributed by atoms with Crippen molar-refractivity contribution in [3.8, 4) is 17.2 Å². The number of aromatic hydroxyl groups is 2. The predicted molar refractivity (Wildman–Crippen MR) is 133 cm³/mol. The van der Waals surface area contributed by atoms with Crippen LogP contribution in [-0.2, 0) is 16.0 Å². The van der Waals surface area contributed by atoms with Crippen LogP contribution >= 0.6 is 0 Å². The number of Topliss-reactive ketones (excluding diaryl/α,β-unsaturated/α-hetero) is 1. The monoisotopic (exact) mass is 529 g/mol. The molecule has 11 heteroatoms. The summed E-state index contributed by atoms with van der Waals surface area (Å²) in [4.78, 5) is 38.1. The lowest BCUT2D eigenvalue weighted by Crippen LogP contribution is -2.47. The van der Waals surface area contributed by atoms with Crippen molar-refractivity contribution in [3.63, 3.8) is 0 Å². The number of nitrogens with two attached hydrogens (primary N) is 1. The Morgan fingerprint density at radius 3 is 2.39 bits per heavy atom. The molecule has 0 saturated carbocycles. The second kappa shape index (κ2) is 10.8. The molecule has 2 aromatic rings. The molecule has 0 spiro atoms. The summed E-state index contributed by atoms with van der Waals surface area (Å²) in [6.45, 7) is 1.79. The van der Waals surface area contributed by atoms with Gasteiger partial charge in [0.05, 0.1) is 42.1 Å². The van der Waals surface area contributed by atoms with E-state index in [1.54, 1.807) is 0 Å². The number of phenolic OH excluding ortho intramolecular Hbond substituents is 2. The Morgan fingerprint density at radius 2 is 1.79 bits per heavy atom. The number of ketones is 3. The van der Waals surface area contributed by atoms with Crippen LogP contribution in [0.3, 0.4) is 0 Å². The number of carbonyl (C=O) groups is 3. The van der Waals surface area contributed by atoms with Gasteiger partial charge in [-0.15, -0.1) is 0 Å². The number of aliphatic hydroxyl groups is 3. The summed E-state index contributed by atoms with van der Waals surface area (Å²) in [5.41, 5.74) is 4.72. The average molecular weight is 530 g/mol. The van der Waals surface area contributed by atoms with Gasteiger partial charge in [-0.2, -0.15) is 0 Å². The van der Waals surface area contributed by atoms with Gasteiger partial charge in [0.1, 0.15) is 23.9 Å². The third-order valence-corrected chi connectivity index (χ3v) is 7.42. The van der Waals surface area contributed by atoms with Crippen LogP contribution < -0.4 is 10.5 Å². The van der Waals surface area contributed by atoms with Crippen LogP contribution in [0.2, 0.25) is 0 Å². The van der Waals surface area contributed by atoms with Crippen LogP contribution in [0, 0.1) is 5.92 Å². The number of hydrogen-bond donors (Lipinski definition) is 6.